The maximum atomic E-state index is 5.73. The summed E-state index contributed by atoms with van der Waals surface area (Å²) < 4.78 is 10.4. The molecular formula is C12H20N2O2. The van der Waals surface area contributed by atoms with Gasteiger partial charge in [0.2, 0.25) is 5.88 Å². The van der Waals surface area contributed by atoms with Crippen LogP contribution in [0.1, 0.15) is 19.4 Å². The van der Waals surface area contributed by atoms with E-state index in [0.717, 1.165) is 17.7 Å². The van der Waals surface area contributed by atoms with E-state index < -0.39 is 0 Å². The number of hydrogen-bond donors (Lipinski definition) is 1. The van der Waals surface area contributed by atoms with Crippen LogP contribution >= 0.6 is 0 Å². The molecule has 0 spiro atoms. The van der Waals surface area contributed by atoms with E-state index in [1.54, 1.807) is 20.4 Å². The minimum atomic E-state index is 0.0413. The molecule has 0 bridgehead atoms. The lowest BCUT2D eigenvalue weighted by Crippen LogP contribution is -2.26. The van der Waals surface area contributed by atoms with Crippen LogP contribution in [0.4, 0.5) is 0 Å². The number of rotatable bonds is 5. The van der Waals surface area contributed by atoms with Crippen molar-refractivity contribution in [2.75, 3.05) is 20.8 Å². The van der Waals surface area contributed by atoms with Crippen molar-refractivity contribution in [1.82, 2.24) is 4.98 Å². The van der Waals surface area contributed by atoms with E-state index in [1.165, 1.54) is 0 Å². The zero-order valence-electron chi connectivity index (χ0n) is 10.4. The molecule has 1 aromatic rings. The van der Waals surface area contributed by atoms with Crippen LogP contribution in [0.5, 0.6) is 11.6 Å². The van der Waals surface area contributed by atoms with Crippen LogP contribution in [-0.2, 0) is 6.42 Å². The van der Waals surface area contributed by atoms with Crippen LogP contribution in [0.3, 0.4) is 0 Å². The van der Waals surface area contributed by atoms with Crippen LogP contribution in [0, 0.1) is 5.41 Å². The van der Waals surface area contributed by atoms with Crippen molar-refractivity contribution in [3.05, 3.63) is 17.8 Å². The number of ether oxygens (including phenoxy) is 2. The zero-order chi connectivity index (χ0) is 12.2. The third-order valence-electron chi connectivity index (χ3n) is 2.57. The Morgan fingerprint density at radius 1 is 1.31 bits per heavy atom. The maximum absolute atomic E-state index is 5.73. The second-order valence-electron chi connectivity index (χ2n) is 4.58. The van der Waals surface area contributed by atoms with E-state index in [-0.39, 0.29) is 5.41 Å². The van der Waals surface area contributed by atoms with E-state index in [2.05, 4.69) is 18.8 Å². The van der Waals surface area contributed by atoms with Gasteiger partial charge < -0.3 is 15.2 Å². The lowest BCUT2D eigenvalue weighted by molar-refractivity contribution is 0.352. The molecule has 1 aromatic heterocycles. The van der Waals surface area contributed by atoms with Gasteiger partial charge in [-0.3, -0.25) is 0 Å². The Bertz CT molecular complexity index is 351. The van der Waals surface area contributed by atoms with E-state index in [9.17, 15) is 0 Å². The molecule has 0 amide bonds. The van der Waals surface area contributed by atoms with Crippen molar-refractivity contribution in [3.63, 3.8) is 0 Å². The third-order valence-corrected chi connectivity index (χ3v) is 2.57. The first-order chi connectivity index (χ1) is 7.52. The van der Waals surface area contributed by atoms with Crippen molar-refractivity contribution in [2.24, 2.45) is 11.1 Å². The Labute approximate surface area is 96.8 Å². The van der Waals surface area contributed by atoms with Crippen LogP contribution in [-0.4, -0.2) is 25.7 Å². The minimum Gasteiger partial charge on any atom is -0.495 e. The first-order valence-electron chi connectivity index (χ1n) is 5.29. The van der Waals surface area contributed by atoms with E-state index in [1.807, 2.05) is 6.07 Å². The zero-order valence-corrected chi connectivity index (χ0v) is 10.4. The van der Waals surface area contributed by atoms with Gasteiger partial charge in [0.05, 0.1) is 20.4 Å². The number of aromatic nitrogens is 1. The fourth-order valence-electron chi connectivity index (χ4n) is 1.48. The first kappa shape index (κ1) is 12.8. The quantitative estimate of drug-likeness (QED) is 0.825. The molecule has 4 heteroatoms. The van der Waals surface area contributed by atoms with Gasteiger partial charge in [-0.1, -0.05) is 13.8 Å². The molecule has 0 unspecified atom stereocenters. The van der Waals surface area contributed by atoms with Gasteiger partial charge in [-0.25, -0.2) is 4.98 Å². The molecule has 1 rings (SSSR count). The predicted octanol–water partition coefficient (Wildman–Crippen LogP) is 1.63. The molecule has 0 aliphatic carbocycles. The highest BCUT2D eigenvalue weighted by atomic mass is 16.5. The number of hydrogen-bond acceptors (Lipinski definition) is 4. The molecule has 2 N–H and O–H groups in total. The number of methoxy groups -OCH3 is 2. The predicted molar refractivity (Wildman–Crippen MR) is 63.9 cm³/mol. The molecule has 0 saturated carbocycles. The molecule has 0 aromatic carbocycles. The highest BCUT2D eigenvalue weighted by molar-refractivity contribution is 5.35. The molecule has 4 nitrogen and oxygen atoms in total. The van der Waals surface area contributed by atoms with Crippen LogP contribution in [0.2, 0.25) is 0 Å². The van der Waals surface area contributed by atoms with Crippen LogP contribution in [0.25, 0.3) is 0 Å². The Kier molecular flexibility index (Phi) is 4.12. The average Bonchev–Trinajstić information content (AvgIpc) is 2.28. The molecule has 16 heavy (non-hydrogen) atoms. The van der Waals surface area contributed by atoms with Crippen LogP contribution in [0.15, 0.2) is 12.3 Å². The summed E-state index contributed by atoms with van der Waals surface area (Å²) in [5.74, 6) is 1.38. The largest absolute Gasteiger partial charge is 0.495 e. The lowest BCUT2D eigenvalue weighted by Gasteiger charge is -2.23. The number of nitrogens with two attached hydrogens (primary N) is 1. The summed E-state index contributed by atoms with van der Waals surface area (Å²) in [5, 5.41) is 0. The summed E-state index contributed by atoms with van der Waals surface area (Å²) in [5.41, 5.74) is 6.84. The van der Waals surface area contributed by atoms with Gasteiger partial charge in [0.15, 0.2) is 0 Å². The van der Waals surface area contributed by atoms with Crippen molar-refractivity contribution in [2.45, 2.75) is 20.3 Å². The van der Waals surface area contributed by atoms with Gasteiger partial charge in [0.1, 0.15) is 5.75 Å². The standard InChI is InChI=1S/C12H20N2O2/c1-12(2,8-13)6-9-5-11(16-4)14-7-10(9)15-3/h5,7H,6,8,13H2,1-4H3. The van der Waals surface area contributed by atoms with Gasteiger partial charge in [0, 0.05) is 11.6 Å². The van der Waals surface area contributed by atoms with Crippen molar-refractivity contribution in [1.29, 1.82) is 0 Å². The molecule has 90 valence electrons. The second kappa shape index (κ2) is 5.16. The topological polar surface area (TPSA) is 57.4 Å². The van der Waals surface area contributed by atoms with Crippen molar-refractivity contribution < 1.29 is 9.47 Å². The van der Waals surface area contributed by atoms with Gasteiger partial charge in [-0.05, 0) is 18.4 Å². The fraction of sp³-hybridized carbons (Fsp3) is 0.583. The fourth-order valence-corrected chi connectivity index (χ4v) is 1.48. The van der Waals surface area contributed by atoms with Crippen molar-refractivity contribution >= 4 is 0 Å². The number of pyridine rings is 1. The number of nitrogens with zero attached hydrogens (tertiary/aromatic N) is 1. The molecule has 0 saturated heterocycles. The lowest BCUT2D eigenvalue weighted by atomic mass is 9.86. The normalized spacial score (nSPS) is 11.3. The van der Waals surface area contributed by atoms with Gasteiger partial charge >= 0.3 is 0 Å². The highest BCUT2D eigenvalue weighted by Gasteiger charge is 2.19. The maximum Gasteiger partial charge on any atom is 0.213 e. The van der Waals surface area contributed by atoms with Crippen LogP contribution < -0.4 is 15.2 Å². The van der Waals surface area contributed by atoms with Crippen molar-refractivity contribution in [3.8, 4) is 11.6 Å². The summed E-state index contributed by atoms with van der Waals surface area (Å²) in [4.78, 5) is 4.11. The Morgan fingerprint density at radius 3 is 2.50 bits per heavy atom. The van der Waals surface area contributed by atoms with Gasteiger partial charge in [0.25, 0.3) is 0 Å². The molecule has 0 aliphatic heterocycles. The summed E-state index contributed by atoms with van der Waals surface area (Å²) >= 11 is 0. The third kappa shape index (κ3) is 3.10. The van der Waals surface area contributed by atoms with E-state index in [0.29, 0.717) is 12.4 Å². The van der Waals surface area contributed by atoms with Gasteiger partial charge in [-0.2, -0.15) is 0 Å². The average molecular weight is 224 g/mol. The molecule has 0 radical (unpaired) electrons. The molecule has 1 heterocycles. The van der Waals surface area contributed by atoms with E-state index >= 15 is 0 Å². The highest BCUT2D eigenvalue weighted by Crippen LogP contribution is 2.28. The summed E-state index contributed by atoms with van der Waals surface area (Å²) in [7, 11) is 3.25. The Morgan fingerprint density at radius 2 is 2.00 bits per heavy atom. The molecule has 0 fully saturated rings. The summed E-state index contributed by atoms with van der Waals surface area (Å²) in [6, 6.07) is 1.90. The first-order valence-corrected chi connectivity index (χ1v) is 5.29. The minimum absolute atomic E-state index is 0.0413. The smallest absolute Gasteiger partial charge is 0.213 e. The van der Waals surface area contributed by atoms with E-state index in [4.69, 9.17) is 15.2 Å². The SMILES string of the molecule is COc1cc(CC(C)(C)CN)c(OC)cn1. The summed E-state index contributed by atoms with van der Waals surface area (Å²) in [6.45, 7) is 4.87. The Hall–Kier alpha value is -1.29. The second-order valence-corrected chi connectivity index (χ2v) is 4.58. The Balaban J connectivity index is 3.00. The van der Waals surface area contributed by atoms with Gasteiger partial charge in [-0.15, -0.1) is 0 Å². The molecule has 0 atom stereocenters. The molecule has 0 aliphatic rings. The monoisotopic (exact) mass is 224 g/mol. The molecular weight excluding hydrogens is 204 g/mol. The summed E-state index contributed by atoms with van der Waals surface area (Å²) in [6.07, 6.45) is 2.52.